The van der Waals surface area contributed by atoms with Crippen LogP contribution in [0.25, 0.3) is 10.4 Å². The SMILES string of the molecule is CC(NCCCCCN=[N+]=[N-])C(=O)O. The summed E-state index contributed by atoms with van der Waals surface area (Å²) in [6.45, 7) is 2.82. The molecule has 0 saturated heterocycles. The van der Waals surface area contributed by atoms with Crippen LogP contribution in [0.5, 0.6) is 0 Å². The lowest BCUT2D eigenvalue weighted by Gasteiger charge is -2.07. The molecular formula is C8H16N4O2. The van der Waals surface area contributed by atoms with Gasteiger partial charge < -0.3 is 10.4 Å². The highest BCUT2D eigenvalue weighted by Crippen LogP contribution is 1.95. The van der Waals surface area contributed by atoms with E-state index in [1.807, 2.05) is 0 Å². The van der Waals surface area contributed by atoms with Crippen LogP contribution in [0.3, 0.4) is 0 Å². The number of azide groups is 1. The Bertz CT molecular complexity index is 213. The molecule has 0 aromatic rings. The number of nitrogens with zero attached hydrogens (tertiary/aromatic N) is 3. The highest BCUT2D eigenvalue weighted by atomic mass is 16.4. The minimum absolute atomic E-state index is 0.493. The molecule has 1 atom stereocenters. The monoisotopic (exact) mass is 200 g/mol. The number of rotatable bonds is 8. The first-order valence-corrected chi connectivity index (χ1v) is 4.65. The van der Waals surface area contributed by atoms with Crippen LogP contribution in [0.2, 0.25) is 0 Å². The molecule has 1 unspecified atom stereocenters. The second-order valence-corrected chi connectivity index (χ2v) is 3.03. The summed E-state index contributed by atoms with van der Waals surface area (Å²) in [7, 11) is 0. The maximum atomic E-state index is 10.4. The van der Waals surface area contributed by atoms with Crippen molar-refractivity contribution >= 4 is 5.97 Å². The molecule has 80 valence electrons. The zero-order valence-corrected chi connectivity index (χ0v) is 8.31. The van der Waals surface area contributed by atoms with E-state index in [-0.39, 0.29) is 0 Å². The molecule has 0 saturated carbocycles. The van der Waals surface area contributed by atoms with E-state index in [1.165, 1.54) is 0 Å². The first kappa shape index (κ1) is 12.7. The third kappa shape index (κ3) is 7.39. The summed E-state index contributed by atoms with van der Waals surface area (Å²) in [6, 6.07) is -0.493. The molecule has 0 spiro atoms. The lowest BCUT2D eigenvalue weighted by Crippen LogP contribution is -2.34. The zero-order chi connectivity index (χ0) is 10.8. The predicted molar refractivity (Wildman–Crippen MR) is 53.0 cm³/mol. The molecule has 0 radical (unpaired) electrons. The summed E-state index contributed by atoms with van der Waals surface area (Å²) in [5.74, 6) is -0.834. The van der Waals surface area contributed by atoms with Gasteiger partial charge in [-0.2, -0.15) is 0 Å². The van der Waals surface area contributed by atoms with Crippen molar-refractivity contribution in [1.82, 2.24) is 5.32 Å². The normalized spacial score (nSPS) is 11.8. The highest BCUT2D eigenvalue weighted by Gasteiger charge is 2.07. The molecule has 0 aromatic heterocycles. The average molecular weight is 200 g/mol. The van der Waals surface area contributed by atoms with Gasteiger partial charge in [0.25, 0.3) is 0 Å². The van der Waals surface area contributed by atoms with Crippen molar-refractivity contribution in [3.05, 3.63) is 10.4 Å². The quantitative estimate of drug-likeness (QED) is 0.269. The van der Waals surface area contributed by atoms with Crippen LogP contribution >= 0.6 is 0 Å². The standard InChI is InChI=1S/C8H16N4O2/c1-7(8(13)14)10-5-3-2-4-6-11-12-9/h7,10H,2-6H2,1H3,(H,13,14). The Hall–Kier alpha value is -1.26. The van der Waals surface area contributed by atoms with E-state index < -0.39 is 12.0 Å². The first-order valence-electron chi connectivity index (χ1n) is 4.65. The van der Waals surface area contributed by atoms with Crippen LogP contribution < -0.4 is 5.32 Å². The number of hydrogen-bond donors (Lipinski definition) is 2. The van der Waals surface area contributed by atoms with Crippen molar-refractivity contribution < 1.29 is 9.90 Å². The molecule has 0 bridgehead atoms. The summed E-state index contributed by atoms with van der Waals surface area (Å²) < 4.78 is 0. The highest BCUT2D eigenvalue weighted by molar-refractivity contribution is 5.72. The summed E-state index contributed by atoms with van der Waals surface area (Å²) in [5, 5.41) is 14.8. The summed E-state index contributed by atoms with van der Waals surface area (Å²) in [6.07, 6.45) is 2.70. The smallest absolute Gasteiger partial charge is 0.320 e. The van der Waals surface area contributed by atoms with E-state index in [0.717, 1.165) is 19.3 Å². The van der Waals surface area contributed by atoms with Gasteiger partial charge in [0.15, 0.2) is 0 Å². The van der Waals surface area contributed by atoms with Crippen molar-refractivity contribution in [1.29, 1.82) is 0 Å². The third-order valence-corrected chi connectivity index (χ3v) is 1.82. The van der Waals surface area contributed by atoms with E-state index in [9.17, 15) is 4.79 Å². The molecule has 0 heterocycles. The summed E-state index contributed by atoms with van der Waals surface area (Å²) >= 11 is 0. The van der Waals surface area contributed by atoms with Crippen molar-refractivity contribution in [2.75, 3.05) is 13.1 Å². The molecule has 0 aliphatic carbocycles. The fraction of sp³-hybridized carbons (Fsp3) is 0.875. The first-order chi connectivity index (χ1) is 6.68. The lowest BCUT2D eigenvalue weighted by atomic mass is 10.2. The Morgan fingerprint density at radius 3 is 2.86 bits per heavy atom. The molecular weight excluding hydrogens is 184 g/mol. The number of unbranched alkanes of at least 4 members (excludes halogenated alkanes) is 2. The van der Waals surface area contributed by atoms with Crippen LogP contribution in [-0.4, -0.2) is 30.2 Å². The van der Waals surface area contributed by atoms with Crippen LogP contribution in [-0.2, 0) is 4.79 Å². The molecule has 6 nitrogen and oxygen atoms in total. The molecule has 2 N–H and O–H groups in total. The van der Waals surface area contributed by atoms with Crippen LogP contribution in [0.4, 0.5) is 0 Å². The van der Waals surface area contributed by atoms with Crippen molar-refractivity contribution in [2.24, 2.45) is 5.11 Å². The van der Waals surface area contributed by atoms with Gasteiger partial charge in [-0.1, -0.05) is 11.5 Å². The van der Waals surface area contributed by atoms with E-state index in [2.05, 4.69) is 15.3 Å². The molecule has 0 amide bonds. The van der Waals surface area contributed by atoms with Gasteiger partial charge in [0.2, 0.25) is 0 Å². The molecule has 14 heavy (non-hydrogen) atoms. The number of carbonyl (C=O) groups is 1. The Morgan fingerprint density at radius 1 is 1.57 bits per heavy atom. The molecule has 0 aliphatic rings. The molecule has 0 rings (SSSR count). The van der Waals surface area contributed by atoms with Gasteiger partial charge in [-0.15, -0.1) is 0 Å². The maximum absolute atomic E-state index is 10.4. The molecule has 0 fully saturated rings. The number of carboxylic acid groups (broad SMARTS) is 1. The Labute approximate surface area is 82.9 Å². The van der Waals surface area contributed by atoms with Crippen molar-refractivity contribution in [3.63, 3.8) is 0 Å². The summed E-state index contributed by atoms with van der Waals surface area (Å²) in [5.41, 5.74) is 7.98. The predicted octanol–water partition coefficient (Wildman–Crippen LogP) is 1.53. The fourth-order valence-corrected chi connectivity index (χ4v) is 0.935. The van der Waals surface area contributed by atoms with Crippen LogP contribution in [0, 0.1) is 0 Å². The van der Waals surface area contributed by atoms with E-state index in [1.54, 1.807) is 6.92 Å². The zero-order valence-electron chi connectivity index (χ0n) is 8.31. The molecule has 0 aromatic carbocycles. The van der Waals surface area contributed by atoms with E-state index in [4.69, 9.17) is 10.6 Å². The Balaban J connectivity index is 3.21. The topological polar surface area (TPSA) is 98.1 Å². The van der Waals surface area contributed by atoms with Gasteiger partial charge >= 0.3 is 5.97 Å². The molecule has 6 heteroatoms. The maximum Gasteiger partial charge on any atom is 0.320 e. The number of aliphatic carboxylic acids is 1. The van der Waals surface area contributed by atoms with Crippen LogP contribution in [0.15, 0.2) is 5.11 Å². The minimum atomic E-state index is -0.834. The third-order valence-electron chi connectivity index (χ3n) is 1.82. The average Bonchev–Trinajstić information content (AvgIpc) is 2.16. The fourth-order valence-electron chi connectivity index (χ4n) is 0.935. The van der Waals surface area contributed by atoms with Gasteiger partial charge in [0.05, 0.1) is 0 Å². The van der Waals surface area contributed by atoms with Crippen molar-refractivity contribution in [3.8, 4) is 0 Å². The Kier molecular flexibility index (Phi) is 7.59. The van der Waals surface area contributed by atoms with Gasteiger partial charge in [-0.25, -0.2) is 0 Å². The van der Waals surface area contributed by atoms with E-state index in [0.29, 0.717) is 13.1 Å². The number of hydrogen-bond acceptors (Lipinski definition) is 3. The van der Waals surface area contributed by atoms with Gasteiger partial charge in [0.1, 0.15) is 6.04 Å². The molecule has 0 aliphatic heterocycles. The number of carboxylic acids is 1. The summed E-state index contributed by atoms with van der Waals surface area (Å²) in [4.78, 5) is 13.0. The van der Waals surface area contributed by atoms with E-state index >= 15 is 0 Å². The second-order valence-electron chi connectivity index (χ2n) is 3.03. The minimum Gasteiger partial charge on any atom is -0.480 e. The van der Waals surface area contributed by atoms with Gasteiger partial charge in [-0.05, 0) is 31.8 Å². The van der Waals surface area contributed by atoms with Crippen LogP contribution in [0.1, 0.15) is 26.2 Å². The number of nitrogens with one attached hydrogen (secondary N) is 1. The van der Waals surface area contributed by atoms with Gasteiger partial charge in [-0.3, -0.25) is 4.79 Å². The van der Waals surface area contributed by atoms with Crippen molar-refractivity contribution in [2.45, 2.75) is 32.2 Å². The Morgan fingerprint density at radius 2 is 2.29 bits per heavy atom. The second kappa shape index (κ2) is 8.34. The largest absolute Gasteiger partial charge is 0.480 e. The lowest BCUT2D eigenvalue weighted by molar-refractivity contribution is -0.138. The van der Waals surface area contributed by atoms with Gasteiger partial charge in [0, 0.05) is 11.5 Å².